The van der Waals surface area contributed by atoms with Gasteiger partial charge in [-0.1, -0.05) is 11.8 Å². The van der Waals surface area contributed by atoms with Gasteiger partial charge in [0.2, 0.25) is 5.91 Å². The van der Waals surface area contributed by atoms with E-state index in [1.165, 1.54) is 12.8 Å². The van der Waals surface area contributed by atoms with E-state index in [1.54, 1.807) is 24.3 Å². The van der Waals surface area contributed by atoms with Crippen LogP contribution in [0.5, 0.6) is 0 Å². The van der Waals surface area contributed by atoms with Gasteiger partial charge in [0.05, 0.1) is 0 Å². The summed E-state index contributed by atoms with van der Waals surface area (Å²) in [5, 5.41) is 2.63. The molecule has 1 aromatic rings. The summed E-state index contributed by atoms with van der Waals surface area (Å²) < 4.78 is 0. The van der Waals surface area contributed by atoms with E-state index >= 15 is 0 Å². The van der Waals surface area contributed by atoms with Crippen LogP contribution in [-0.2, 0) is 4.79 Å². The zero-order valence-corrected chi connectivity index (χ0v) is 13.3. The fourth-order valence-corrected chi connectivity index (χ4v) is 2.32. The number of nitrogens with one attached hydrogen (secondary N) is 1. The minimum absolute atomic E-state index is 0.372. The van der Waals surface area contributed by atoms with E-state index in [0.717, 1.165) is 5.56 Å². The highest BCUT2D eigenvalue weighted by atomic mass is 16.2. The molecule has 5 nitrogen and oxygen atoms in total. The van der Waals surface area contributed by atoms with Crippen molar-refractivity contribution in [3.05, 3.63) is 35.4 Å². The molecule has 0 aliphatic heterocycles. The van der Waals surface area contributed by atoms with Crippen molar-refractivity contribution in [2.24, 2.45) is 17.4 Å². The Morgan fingerprint density at radius 3 is 2.38 bits per heavy atom. The molecular weight excluding hydrogens is 302 g/mol. The lowest BCUT2D eigenvalue weighted by atomic mass is 10.1. The summed E-state index contributed by atoms with van der Waals surface area (Å²) in [6, 6.07) is 5.95. The maximum Gasteiger partial charge on any atom is 0.251 e. The van der Waals surface area contributed by atoms with Crippen molar-refractivity contribution in [2.75, 3.05) is 0 Å². The lowest BCUT2D eigenvalue weighted by Gasteiger charge is -2.21. The van der Waals surface area contributed by atoms with E-state index in [-0.39, 0.29) is 5.91 Å². The number of rotatable bonds is 4. The summed E-state index contributed by atoms with van der Waals surface area (Å²) in [6.07, 6.45) is 3.71. The number of carbonyl (C=O) groups excluding carboxylic acids is 2. The van der Waals surface area contributed by atoms with Gasteiger partial charge in [-0.05, 0) is 61.8 Å². The molecule has 1 unspecified atom stereocenters. The van der Waals surface area contributed by atoms with Gasteiger partial charge >= 0.3 is 0 Å². The van der Waals surface area contributed by atoms with Crippen molar-refractivity contribution >= 4 is 11.8 Å². The molecule has 0 saturated heterocycles. The molecule has 2 aliphatic carbocycles. The van der Waals surface area contributed by atoms with E-state index < -0.39 is 17.5 Å². The lowest BCUT2D eigenvalue weighted by molar-refractivity contribution is -0.120. The average molecular weight is 321 g/mol. The van der Waals surface area contributed by atoms with Crippen LogP contribution in [0.2, 0.25) is 0 Å². The summed E-state index contributed by atoms with van der Waals surface area (Å²) in [5.41, 5.74) is 11.8. The van der Waals surface area contributed by atoms with Crippen molar-refractivity contribution < 1.29 is 9.59 Å². The van der Waals surface area contributed by atoms with Gasteiger partial charge in [0.1, 0.15) is 6.04 Å². The summed E-state index contributed by atoms with van der Waals surface area (Å²) in [5.74, 6) is 11.2. The van der Waals surface area contributed by atoms with Crippen molar-refractivity contribution in [1.29, 1.82) is 0 Å². The molecular formula is C19H19N3O2. The molecule has 1 atom stereocenters. The van der Waals surface area contributed by atoms with Crippen LogP contribution in [0.1, 0.15) is 41.6 Å². The van der Waals surface area contributed by atoms with Crippen LogP contribution in [0, 0.1) is 29.6 Å². The number of hydrogen-bond donors (Lipinski definition) is 3. The van der Waals surface area contributed by atoms with Gasteiger partial charge in [-0.15, -0.1) is 0 Å². The van der Waals surface area contributed by atoms with Crippen molar-refractivity contribution in [1.82, 2.24) is 5.32 Å². The van der Waals surface area contributed by atoms with Gasteiger partial charge in [0.25, 0.3) is 5.91 Å². The minimum atomic E-state index is -0.845. The summed E-state index contributed by atoms with van der Waals surface area (Å²) >= 11 is 0. The van der Waals surface area contributed by atoms with E-state index in [4.69, 9.17) is 11.5 Å². The van der Waals surface area contributed by atoms with Crippen LogP contribution in [-0.4, -0.2) is 23.4 Å². The molecule has 2 fully saturated rings. The van der Waals surface area contributed by atoms with Crippen LogP contribution >= 0.6 is 0 Å². The monoisotopic (exact) mass is 321 g/mol. The number of primary amides is 1. The topological polar surface area (TPSA) is 98.2 Å². The maximum atomic E-state index is 12.3. The highest BCUT2D eigenvalue weighted by molar-refractivity contribution is 5.98. The summed E-state index contributed by atoms with van der Waals surface area (Å²) in [4.78, 5) is 23.8. The first-order valence-electron chi connectivity index (χ1n) is 7.99. The molecule has 0 heterocycles. The molecule has 1 aromatic carbocycles. The Morgan fingerprint density at radius 2 is 1.83 bits per heavy atom. The van der Waals surface area contributed by atoms with Crippen LogP contribution < -0.4 is 16.8 Å². The van der Waals surface area contributed by atoms with Crippen molar-refractivity contribution in [3.8, 4) is 23.7 Å². The van der Waals surface area contributed by atoms with Crippen LogP contribution in [0.15, 0.2) is 24.3 Å². The molecule has 0 aromatic heterocycles. The Balaban J connectivity index is 1.63. The molecule has 0 spiro atoms. The number of benzene rings is 1. The molecule has 0 radical (unpaired) electrons. The van der Waals surface area contributed by atoms with E-state index in [2.05, 4.69) is 29.0 Å². The quantitative estimate of drug-likeness (QED) is 0.705. The minimum Gasteiger partial charge on any atom is -0.368 e. The van der Waals surface area contributed by atoms with Crippen molar-refractivity contribution in [3.63, 3.8) is 0 Å². The predicted molar refractivity (Wildman–Crippen MR) is 90.4 cm³/mol. The summed E-state index contributed by atoms with van der Waals surface area (Å²) in [7, 11) is 0. The van der Waals surface area contributed by atoms with Gasteiger partial charge in [-0.3, -0.25) is 9.59 Å². The third kappa shape index (κ3) is 3.95. The number of hydrogen-bond acceptors (Lipinski definition) is 3. The Labute approximate surface area is 141 Å². The van der Waals surface area contributed by atoms with Crippen LogP contribution in [0.3, 0.4) is 0 Å². The molecule has 2 aliphatic rings. The second-order valence-corrected chi connectivity index (χ2v) is 6.41. The fraction of sp³-hybridized carbons (Fsp3) is 0.368. The van der Waals surface area contributed by atoms with Gasteiger partial charge in [-0.25, -0.2) is 0 Å². The number of nitrogens with two attached hydrogens (primary N) is 2. The smallest absolute Gasteiger partial charge is 0.251 e. The van der Waals surface area contributed by atoms with E-state index in [1.807, 2.05) is 0 Å². The molecule has 2 saturated carbocycles. The second kappa shape index (κ2) is 6.39. The first-order chi connectivity index (χ1) is 11.5. The standard InChI is InChI=1S/C19H19N3O2/c20-17(23)16(19(21)11-12-19)22-18(24)15-9-7-14(8-10-15)4-2-1-3-13-5-6-13/h7-10,13,16H,5-6,11-12,21H2,(H2,20,23)(H,22,24). The zero-order chi connectivity index (χ0) is 17.2. The molecule has 122 valence electrons. The number of carbonyl (C=O) groups is 2. The molecule has 24 heavy (non-hydrogen) atoms. The van der Waals surface area contributed by atoms with Gasteiger partial charge in [0, 0.05) is 22.6 Å². The van der Waals surface area contributed by atoms with Gasteiger partial charge in [-0.2, -0.15) is 0 Å². The Hall–Kier alpha value is -2.76. The van der Waals surface area contributed by atoms with Gasteiger partial charge in [0.15, 0.2) is 0 Å². The van der Waals surface area contributed by atoms with Crippen molar-refractivity contribution in [2.45, 2.75) is 37.3 Å². The molecule has 5 N–H and O–H groups in total. The van der Waals surface area contributed by atoms with E-state index in [9.17, 15) is 9.59 Å². The zero-order valence-electron chi connectivity index (χ0n) is 13.3. The first kappa shape index (κ1) is 16.1. The Morgan fingerprint density at radius 1 is 1.17 bits per heavy atom. The average Bonchev–Trinajstić information content (AvgIpc) is 3.47. The summed E-state index contributed by atoms with van der Waals surface area (Å²) in [6.45, 7) is 0. The SMILES string of the molecule is NC(=O)C(NC(=O)c1ccc(C#CC#CC2CC2)cc1)C1(N)CC1. The second-order valence-electron chi connectivity index (χ2n) is 6.41. The van der Waals surface area contributed by atoms with Crippen LogP contribution in [0.4, 0.5) is 0 Å². The highest BCUT2D eigenvalue weighted by Crippen LogP contribution is 2.35. The maximum absolute atomic E-state index is 12.3. The molecule has 2 amide bonds. The van der Waals surface area contributed by atoms with Gasteiger partial charge < -0.3 is 16.8 Å². The third-order valence-corrected chi connectivity index (χ3v) is 4.23. The normalized spacial score (nSPS) is 18.2. The highest BCUT2D eigenvalue weighted by Gasteiger charge is 2.49. The predicted octanol–water partition coefficient (Wildman–Crippen LogP) is 0.526. The Kier molecular flexibility index (Phi) is 4.29. The fourth-order valence-electron chi connectivity index (χ4n) is 2.32. The third-order valence-electron chi connectivity index (χ3n) is 4.23. The molecule has 5 heteroatoms. The molecule has 3 rings (SSSR count). The van der Waals surface area contributed by atoms with Crippen LogP contribution in [0.25, 0.3) is 0 Å². The molecule has 0 bridgehead atoms. The number of amides is 2. The lowest BCUT2D eigenvalue weighted by Crippen LogP contribution is -2.56. The largest absolute Gasteiger partial charge is 0.368 e. The first-order valence-corrected chi connectivity index (χ1v) is 7.99. The van der Waals surface area contributed by atoms with E-state index in [0.29, 0.717) is 24.3 Å². The Bertz CT molecular complexity index is 782.